The Kier molecular flexibility index (Phi) is 5.66. The Labute approximate surface area is 160 Å². The number of rotatable bonds is 5. The van der Waals surface area contributed by atoms with E-state index >= 15 is 0 Å². The number of halogens is 1. The van der Waals surface area contributed by atoms with Crippen molar-refractivity contribution in [2.45, 2.75) is 0 Å². The third-order valence-electron chi connectivity index (χ3n) is 3.90. The fourth-order valence-corrected chi connectivity index (χ4v) is 2.55. The zero-order valence-corrected chi connectivity index (χ0v) is 15.2. The van der Waals surface area contributed by atoms with E-state index in [1.807, 2.05) is 5.43 Å². The number of carbonyl (C=O) groups is 1. The van der Waals surface area contributed by atoms with Crippen LogP contribution in [-0.4, -0.2) is 30.2 Å². The highest BCUT2D eigenvalue weighted by Crippen LogP contribution is 2.33. The molecule has 0 atom stereocenters. The molecule has 2 amide bonds. The van der Waals surface area contributed by atoms with Crippen molar-refractivity contribution in [2.75, 3.05) is 19.5 Å². The molecule has 0 spiro atoms. The summed E-state index contributed by atoms with van der Waals surface area (Å²) < 4.78 is 23.8. The van der Waals surface area contributed by atoms with Crippen LogP contribution >= 0.6 is 0 Å². The number of hydrogen-bond acceptors (Lipinski definition) is 6. The van der Waals surface area contributed by atoms with E-state index < -0.39 is 6.03 Å². The van der Waals surface area contributed by atoms with Crippen LogP contribution in [0.2, 0.25) is 0 Å². The van der Waals surface area contributed by atoms with Crippen LogP contribution in [0.25, 0.3) is 22.5 Å². The second-order valence-electron chi connectivity index (χ2n) is 5.64. The predicted octanol–water partition coefficient (Wildman–Crippen LogP) is 2.96. The van der Waals surface area contributed by atoms with E-state index in [1.54, 1.807) is 43.5 Å². The average molecular weight is 383 g/mol. The molecule has 8 nitrogen and oxygen atoms in total. The van der Waals surface area contributed by atoms with Crippen LogP contribution in [0.5, 0.6) is 11.5 Å². The lowest BCUT2D eigenvalue weighted by molar-refractivity contribution is 0.252. The third-order valence-corrected chi connectivity index (χ3v) is 3.90. The van der Waals surface area contributed by atoms with Crippen LogP contribution < -0.4 is 26.1 Å². The second kappa shape index (κ2) is 8.31. The number of ether oxygens (including phenoxy) is 2. The first kappa shape index (κ1) is 19.1. The molecule has 2 aromatic carbocycles. The number of aromatic nitrogens is 2. The molecule has 1 aromatic heterocycles. The SMILES string of the molecule is COc1ccc(-c2cc(-c3ccc(F)cc3)nc(NC(=O)NN)n2)cc1OC. The quantitative estimate of drug-likeness (QED) is 0.355. The summed E-state index contributed by atoms with van der Waals surface area (Å²) in [6.07, 6.45) is 0. The van der Waals surface area contributed by atoms with Crippen LogP contribution in [0.4, 0.5) is 15.1 Å². The molecule has 144 valence electrons. The number of hydrazine groups is 1. The number of nitrogens with one attached hydrogen (secondary N) is 2. The topological polar surface area (TPSA) is 111 Å². The second-order valence-corrected chi connectivity index (χ2v) is 5.64. The molecule has 28 heavy (non-hydrogen) atoms. The lowest BCUT2D eigenvalue weighted by Crippen LogP contribution is -2.34. The fraction of sp³-hybridized carbons (Fsp3) is 0.105. The van der Waals surface area contributed by atoms with Gasteiger partial charge in [0.1, 0.15) is 5.82 Å². The summed E-state index contributed by atoms with van der Waals surface area (Å²) in [7, 11) is 3.08. The van der Waals surface area contributed by atoms with Crippen molar-refractivity contribution in [3.63, 3.8) is 0 Å². The number of nitrogens with two attached hydrogens (primary N) is 1. The van der Waals surface area contributed by atoms with Gasteiger partial charge in [0, 0.05) is 11.1 Å². The number of methoxy groups -OCH3 is 2. The van der Waals surface area contributed by atoms with E-state index in [2.05, 4.69) is 15.3 Å². The molecule has 0 radical (unpaired) electrons. The molecule has 4 N–H and O–H groups in total. The van der Waals surface area contributed by atoms with Gasteiger partial charge >= 0.3 is 6.03 Å². The van der Waals surface area contributed by atoms with Crippen molar-refractivity contribution in [1.29, 1.82) is 0 Å². The van der Waals surface area contributed by atoms with Gasteiger partial charge in [-0.3, -0.25) is 10.7 Å². The molecule has 1 heterocycles. The number of urea groups is 1. The van der Waals surface area contributed by atoms with Gasteiger partial charge in [-0.1, -0.05) is 0 Å². The van der Waals surface area contributed by atoms with Gasteiger partial charge in [0.25, 0.3) is 0 Å². The summed E-state index contributed by atoms with van der Waals surface area (Å²) in [4.78, 5) is 20.3. The van der Waals surface area contributed by atoms with Crippen LogP contribution in [0.15, 0.2) is 48.5 Å². The summed E-state index contributed by atoms with van der Waals surface area (Å²) in [5, 5.41) is 2.45. The van der Waals surface area contributed by atoms with Crippen molar-refractivity contribution in [1.82, 2.24) is 15.4 Å². The number of amides is 2. The first-order valence-corrected chi connectivity index (χ1v) is 8.19. The molecule has 3 rings (SSSR count). The maximum absolute atomic E-state index is 13.3. The maximum atomic E-state index is 13.3. The van der Waals surface area contributed by atoms with Crippen molar-refractivity contribution in [2.24, 2.45) is 5.84 Å². The number of nitrogens with zero attached hydrogens (tertiary/aromatic N) is 2. The summed E-state index contributed by atoms with van der Waals surface area (Å²) in [6.45, 7) is 0. The van der Waals surface area contributed by atoms with Gasteiger partial charge in [0.15, 0.2) is 11.5 Å². The lowest BCUT2D eigenvalue weighted by Gasteiger charge is -2.12. The van der Waals surface area contributed by atoms with Crippen molar-refractivity contribution < 1.29 is 18.7 Å². The Bertz CT molecular complexity index is 995. The van der Waals surface area contributed by atoms with Gasteiger partial charge in [-0.05, 0) is 48.5 Å². The molecule has 0 saturated carbocycles. The molecule has 0 fully saturated rings. The zero-order chi connectivity index (χ0) is 20.1. The predicted molar refractivity (Wildman–Crippen MR) is 102 cm³/mol. The van der Waals surface area contributed by atoms with Gasteiger partial charge in [0.05, 0.1) is 25.6 Å². The first-order valence-electron chi connectivity index (χ1n) is 8.19. The summed E-state index contributed by atoms with van der Waals surface area (Å²) in [6, 6.07) is 12.2. The molecular formula is C19H18FN5O3. The van der Waals surface area contributed by atoms with Crippen LogP contribution in [0, 0.1) is 5.82 Å². The Morgan fingerprint density at radius 1 is 0.929 bits per heavy atom. The van der Waals surface area contributed by atoms with Gasteiger partial charge in [-0.15, -0.1) is 0 Å². The Morgan fingerprint density at radius 2 is 1.54 bits per heavy atom. The summed E-state index contributed by atoms with van der Waals surface area (Å²) in [5.41, 5.74) is 4.33. The largest absolute Gasteiger partial charge is 0.493 e. The van der Waals surface area contributed by atoms with Crippen molar-refractivity contribution in [3.8, 4) is 34.0 Å². The number of hydrogen-bond donors (Lipinski definition) is 3. The molecule has 0 saturated heterocycles. The molecule has 9 heteroatoms. The Hall–Kier alpha value is -3.72. The third kappa shape index (κ3) is 4.15. The fourth-order valence-electron chi connectivity index (χ4n) is 2.55. The minimum Gasteiger partial charge on any atom is -0.493 e. The highest BCUT2D eigenvalue weighted by atomic mass is 19.1. The van der Waals surface area contributed by atoms with E-state index in [4.69, 9.17) is 15.3 Å². The van der Waals surface area contributed by atoms with Crippen molar-refractivity contribution >= 4 is 12.0 Å². The van der Waals surface area contributed by atoms with Crippen LogP contribution in [0.1, 0.15) is 0 Å². The average Bonchev–Trinajstić information content (AvgIpc) is 2.73. The molecule has 0 unspecified atom stereocenters. The molecule has 0 aliphatic carbocycles. The standard InChI is InChI=1S/C19H18FN5O3/c1-27-16-8-5-12(9-17(16)28-2)15-10-14(11-3-6-13(20)7-4-11)22-18(23-15)24-19(26)25-21/h3-10H,21H2,1-2H3,(H2,22,23,24,25,26). The minimum atomic E-state index is -0.672. The van der Waals surface area contributed by atoms with E-state index in [0.29, 0.717) is 34.0 Å². The number of carbonyl (C=O) groups excluding carboxylic acids is 1. The van der Waals surface area contributed by atoms with E-state index in [0.717, 1.165) is 0 Å². The van der Waals surface area contributed by atoms with Gasteiger partial charge in [-0.25, -0.2) is 25.0 Å². The van der Waals surface area contributed by atoms with E-state index in [9.17, 15) is 9.18 Å². The van der Waals surface area contributed by atoms with Gasteiger partial charge in [0.2, 0.25) is 5.95 Å². The monoisotopic (exact) mass is 383 g/mol. The van der Waals surface area contributed by atoms with Gasteiger partial charge in [-0.2, -0.15) is 0 Å². The van der Waals surface area contributed by atoms with E-state index in [1.165, 1.54) is 19.2 Å². The molecule has 3 aromatic rings. The minimum absolute atomic E-state index is 0.0366. The number of benzene rings is 2. The Balaban J connectivity index is 2.11. The van der Waals surface area contributed by atoms with E-state index in [-0.39, 0.29) is 11.8 Å². The zero-order valence-electron chi connectivity index (χ0n) is 15.2. The normalized spacial score (nSPS) is 10.3. The van der Waals surface area contributed by atoms with Crippen LogP contribution in [0.3, 0.4) is 0 Å². The number of anilines is 1. The van der Waals surface area contributed by atoms with Crippen molar-refractivity contribution in [3.05, 3.63) is 54.3 Å². The smallest absolute Gasteiger partial charge is 0.335 e. The highest BCUT2D eigenvalue weighted by molar-refractivity contribution is 5.87. The van der Waals surface area contributed by atoms with Crippen LogP contribution in [-0.2, 0) is 0 Å². The summed E-state index contributed by atoms with van der Waals surface area (Å²) in [5.74, 6) is 5.88. The molecule has 0 aliphatic rings. The van der Waals surface area contributed by atoms with Gasteiger partial charge < -0.3 is 9.47 Å². The molecule has 0 bridgehead atoms. The first-order chi connectivity index (χ1) is 13.5. The maximum Gasteiger partial charge on any atom is 0.335 e. The summed E-state index contributed by atoms with van der Waals surface area (Å²) >= 11 is 0. The highest BCUT2D eigenvalue weighted by Gasteiger charge is 2.13. The Morgan fingerprint density at radius 3 is 2.14 bits per heavy atom. The molecule has 0 aliphatic heterocycles. The molecular weight excluding hydrogens is 365 g/mol. The lowest BCUT2D eigenvalue weighted by atomic mass is 10.1.